The van der Waals surface area contributed by atoms with Crippen molar-refractivity contribution < 1.29 is 14.3 Å². The van der Waals surface area contributed by atoms with Gasteiger partial charge in [0.2, 0.25) is 5.78 Å². The fourth-order valence-electron chi connectivity index (χ4n) is 1.20. The molecule has 2 aromatic rings. The molecule has 0 aliphatic carbocycles. The van der Waals surface area contributed by atoms with Gasteiger partial charge in [-0.1, -0.05) is 6.07 Å². The molecule has 0 saturated heterocycles. The lowest BCUT2D eigenvalue weighted by atomic mass is 10.3. The van der Waals surface area contributed by atoms with Crippen molar-refractivity contribution in [2.24, 2.45) is 0 Å². The summed E-state index contributed by atoms with van der Waals surface area (Å²) in [7, 11) is 0. The first kappa shape index (κ1) is 12.1. The van der Waals surface area contributed by atoms with Crippen LogP contribution >= 0.6 is 27.3 Å². The topological polar surface area (TPSA) is 59.2 Å². The van der Waals surface area contributed by atoms with Gasteiger partial charge >= 0.3 is 5.97 Å². The average molecular weight is 314 g/mol. The van der Waals surface area contributed by atoms with E-state index >= 15 is 0 Å². The summed E-state index contributed by atoms with van der Waals surface area (Å²) in [6.07, 6.45) is 1.62. The molecule has 0 fully saturated rings. The third-order valence-corrected chi connectivity index (χ3v) is 3.37. The summed E-state index contributed by atoms with van der Waals surface area (Å²) in [5, 5.41) is 1.80. The number of aromatic nitrogens is 1. The van der Waals surface area contributed by atoms with Crippen molar-refractivity contribution in [1.82, 2.24) is 4.98 Å². The van der Waals surface area contributed by atoms with E-state index in [9.17, 15) is 9.59 Å². The molecule has 0 unspecified atom stereocenters. The van der Waals surface area contributed by atoms with Crippen LogP contribution < -0.4 is 0 Å². The second-order valence-electron chi connectivity index (χ2n) is 3.21. The first-order valence-electron chi connectivity index (χ1n) is 4.74. The van der Waals surface area contributed by atoms with E-state index in [2.05, 4.69) is 20.9 Å². The fraction of sp³-hybridized carbons (Fsp3) is 0.0909. The second kappa shape index (κ2) is 5.29. The molecule has 0 spiro atoms. The molecule has 0 atom stereocenters. The van der Waals surface area contributed by atoms with E-state index in [0.717, 1.165) is 4.47 Å². The normalized spacial score (nSPS) is 10.2. The molecule has 0 saturated carbocycles. The maximum absolute atomic E-state index is 11.6. The van der Waals surface area contributed by atoms with Crippen molar-refractivity contribution in [2.75, 3.05) is 6.61 Å². The summed E-state index contributed by atoms with van der Waals surface area (Å²) >= 11 is 4.53. The summed E-state index contributed by atoms with van der Waals surface area (Å²) in [5.41, 5.74) is 0.316. The number of carbonyl (C=O) groups is 2. The Balaban J connectivity index is 1.91. The zero-order valence-corrected chi connectivity index (χ0v) is 11.0. The number of hydrogen-bond donors (Lipinski definition) is 1. The van der Waals surface area contributed by atoms with Crippen molar-refractivity contribution in [3.8, 4) is 0 Å². The molecule has 2 rings (SSSR count). The number of carbonyl (C=O) groups excluding carboxylic acids is 2. The van der Waals surface area contributed by atoms with Gasteiger partial charge in [-0.25, -0.2) is 4.79 Å². The van der Waals surface area contributed by atoms with Gasteiger partial charge in [0.1, 0.15) is 5.69 Å². The third kappa shape index (κ3) is 3.04. The van der Waals surface area contributed by atoms with Crippen LogP contribution in [0.25, 0.3) is 0 Å². The van der Waals surface area contributed by atoms with E-state index in [-0.39, 0.29) is 12.4 Å². The highest BCUT2D eigenvalue weighted by Gasteiger charge is 2.13. The second-order valence-corrected chi connectivity index (χ2v) is 5.07. The Morgan fingerprint density at radius 3 is 2.88 bits per heavy atom. The monoisotopic (exact) mass is 313 g/mol. The lowest BCUT2D eigenvalue weighted by Crippen LogP contribution is -2.13. The fourth-order valence-corrected chi connectivity index (χ4v) is 2.20. The molecule has 0 bridgehead atoms. The SMILES string of the molecule is O=C(OCC(=O)c1cccs1)c1cc(Br)c[nH]1. The minimum atomic E-state index is -0.541. The van der Waals surface area contributed by atoms with E-state index < -0.39 is 5.97 Å². The molecule has 0 radical (unpaired) electrons. The Bertz CT molecular complexity index is 533. The molecule has 0 aliphatic rings. The number of ether oxygens (including phenoxy) is 1. The molecule has 4 nitrogen and oxygen atoms in total. The van der Waals surface area contributed by atoms with Crippen LogP contribution in [0, 0.1) is 0 Å². The van der Waals surface area contributed by atoms with Gasteiger partial charge in [0.05, 0.1) is 4.88 Å². The van der Waals surface area contributed by atoms with Crippen LogP contribution in [0.5, 0.6) is 0 Å². The predicted molar refractivity (Wildman–Crippen MR) is 67.4 cm³/mol. The van der Waals surface area contributed by atoms with Crippen LogP contribution in [0.15, 0.2) is 34.2 Å². The predicted octanol–water partition coefficient (Wildman–Crippen LogP) is 2.88. The molecule has 2 heterocycles. The van der Waals surface area contributed by atoms with Crippen LogP contribution in [0.2, 0.25) is 0 Å². The van der Waals surface area contributed by atoms with Crippen LogP contribution in [0.1, 0.15) is 20.2 Å². The molecule has 0 amide bonds. The van der Waals surface area contributed by atoms with Gasteiger partial charge in [-0.2, -0.15) is 0 Å². The smallest absolute Gasteiger partial charge is 0.355 e. The lowest BCUT2D eigenvalue weighted by Gasteiger charge is -2.00. The standard InChI is InChI=1S/C11H8BrNO3S/c12-7-4-8(13-5-7)11(15)16-6-9(14)10-2-1-3-17-10/h1-5,13H,6H2. The number of halogens is 1. The average Bonchev–Trinajstić information content (AvgIpc) is 2.95. The lowest BCUT2D eigenvalue weighted by molar-refractivity contribution is 0.0470. The summed E-state index contributed by atoms with van der Waals surface area (Å²) in [5.74, 6) is -0.737. The summed E-state index contributed by atoms with van der Waals surface area (Å²) in [6.45, 7) is -0.240. The van der Waals surface area contributed by atoms with Gasteiger partial charge in [-0.15, -0.1) is 11.3 Å². The quantitative estimate of drug-likeness (QED) is 0.697. The number of esters is 1. The van der Waals surface area contributed by atoms with Crippen molar-refractivity contribution >= 4 is 39.0 Å². The molecule has 0 aromatic carbocycles. The molecule has 6 heteroatoms. The van der Waals surface area contributed by atoms with Crippen LogP contribution in [0.4, 0.5) is 0 Å². The maximum Gasteiger partial charge on any atom is 0.355 e. The van der Waals surface area contributed by atoms with Crippen LogP contribution in [0.3, 0.4) is 0 Å². The molecular formula is C11H8BrNO3S. The van der Waals surface area contributed by atoms with E-state index in [1.807, 2.05) is 0 Å². The third-order valence-electron chi connectivity index (χ3n) is 2.00. The van der Waals surface area contributed by atoms with Gasteiger partial charge in [-0.3, -0.25) is 4.79 Å². The van der Waals surface area contributed by atoms with Crippen LogP contribution in [-0.2, 0) is 4.74 Å². The van der Waals surface area contributed by atoms with E-state index in [1.54, 1.807) is 29.8 Å². The summed E-state index contributed by atoms with van der Waals surface area (Å²) in [6, 6.07) is 5.08. The Morgan fingerprint density at radius 2 is 2.29 bits per heavy atom. The molecule has 2 aromatic heterocycles. The summed E-state index contributed by atoms with van der Waals surface area (Å²) < 4.78 is 5.65. The molecule has 1 N–H and O–H groups in total. The van der Waals surface area contributed by atoms with Crippen molar-refractivity contribution in [3.63, 3.8) is 0 Å². The largest absolute Gasteiger partial charge is 0.453 e. The number of rotatable bonds is 4. The number of aromatic amines is 1. The first-order chi connectivity index (χ1) is 8.16. The van der Waals surface area contributed by atoms with Crippen LogP contribution in [-0.4, -0.2) is 23.3 Å². The number of H-pyrrole nitrogens is 1. The van der Waals surface area contributed by atoms with Gasteiger partial charge in [0.15, 0.2) is 6.61 Å². The first-order valence-corrected chi connectivity index (χ1v) is 6.42. The number of nitrogens with one attached hydrogen (secondary N) is 1. The maximum atomic E-state index is 11.6. The summed E-state index contributed by atoms with van der Waals surface area (Å²) in [4.78, 5) is 26.4. The highest BCUT2D eigenvalue weighted by atomic mass is 79.9. The van der Waals surface area contributed by atoms with Gasteiger partial charge in [0.25, 0.3) is 0 Å². The minimum absolute atomic E-state index is 0.195. The Labute approximate surface area is 110 Å². The molecule has 17 heavy (non-hydrogen) atoms. The molecule has 0 aliphatic heterocycles. The molecule has 88 valence electrons. The Hall–Kier alpha value is -1.40. The van der Waals surface area contributed by atoms with Crippen molar-refractivity contribution in [1.29, 1.82) is 0 Å². The zero-order valence-electron chi connectivity index (χ0n) is 8.60. The number of Topliss-reactive ketones (excluding diaryl/α,β-unsaturated/α-hetero) is 1. The zero-order chi connectivity index (χ0) is 12.3. The highest BCUT2D eigenvalue weighted by Crippen LogP contribution is 2.12. The highest BCUT2D eigenvalue weighted by molar-refractivity contribution is 9.10. The van der Waals surface area contributed by atoms with E-state index in [4.69, 9.17) is 4.74 Å². The van der Waals surface area contributed by atoms with E-state index in [1.165, 1.54) is 11.3 Å². The minimum Gasteiger partial charge on any atom is -0.453 e. The number of thiophene rings is 1. The van der Waals surface area contributed by atoms with Gasteiger partial charge in [0, 0.05) is 10.7 Å². The molecular weight excluding hydrogens is 306 g/mol. The van der Waals surface area contributed by atoms with Gasteiger partial charge in [-0.05, 0) is 33.4 Å². The number of hydrogen-bond acceptors (Lipinski definition) is 4. The van der Waals surface area contributed by atoms with E-state index in [0.29, 0.717) is 10.6 Å². The number of ketones is 1. The van der Waals surface area contributed by atoms with Crippen molar-refractivity contribution in [2.45, 2.75) is 0 Å². The Kier molecular flexibility index (Phi) is 3.75. The van der Waals surface area contributed by atoms with Gasteiger partial charge < -0.3 is 9.72 Å². The Morgan fingerprint density at radius 1 is 1.47 bits per heavy atom. The van der Waals surface area contributed by atoms with Crippen molar-refractivity contribution in [3.05, 3.63) is 44.8 Å².